The zero-order valence-electron chi connectivity index (χ0n) is 17.3. The molecule has 0 amide bonds. The van der Waals surface area contributed by atoms with Crippen molar-refractivity contribution in [2.24, 2.45) is 5.41 Å². The molecule has 0 N–H and O–H groups in total. The first-order chi connectivity index (χ1) is 13.9. The van der Waals surface area contributed by atoms with Crippen molar-refractivity contribution >= 4 is 5.97 Å². The Morgan fingerprint density at radius 1 is 1.24 bits per heavy atom. The molecule has 1 heterocycles. The summed E-state index contributed by atoms with van der Waals surface area (Å²) in [6.45, 7) is 7.33. The number of nitrogens with zero attached hydrogens (tertiary/aromatic N) is 4. The SMILES string of the molecule is C#CCN(CC#C)Cc1cn(C(CC(C)(C)C(=O)OCC)c2ccccc2)nn1. The Morgan fingerprint density at radius 3 is 2.48 bits per heavy atom. The molecular weight excluding hydrogens is 364 g/mol. The van der Waals surface area contributed by atoms with Gasteiger partial charge in [0.1, 0.15) is 0 Å². The highest BCUT2D eigenvalue weighted by atomic mass is 16.5. The number of rotatable bonds is 10. The van der Waals surface area contributed by atoms with Crippen LogP contribution in [0.25, 0.3) is 0 Å². The van der Waals surface area contributed by atoms with Gasteiger partial charge in [-0.25, -0.2) is 4.68 Å². The fourth-order valence-corrected chi connectivity index (χ4v) is 3.13. The van der Waals surface area contributed by atoms with Crippen LogP contribution in [0.2, 0.25) is 0 Å². The molecule has 1 aromatic heterocycles. The van der Waals surface area contributed by atoms with Crippen LogP contribution in [0.1, 0.15) is 44.5 Å². The Balaban J connectivity index is 2.29. The van der Waals surface area contributed by atoms with Crippen molar-refractivity contribution in [1.82, 2.24) is 19.9 Å². The largest absolute Gasteiger partial charge is 0.466 e. The van der Waals surface area contributed by atoms with E-state index in [-0.39, 0.29) is 12.0 Å². The second-order valence-electron chi connectivity index (χ2n) is 7.48. The first-order valence-corrected chi connectivity index (χ1v) is 9.63. The number of aromatic nitrogens is 3. The maximum Gasteiger partial charge on any atom is 0.311 e. The lowest BCUT2D eigenvalue weighted by Gasteiger charge is -2.28. The molecule has 0 radical (unpaired) electrons. The summed E-state index contributed by atoms with van der Waals surface area (Å²) in [5.74, 6) is 4.99. The maximum absolute atomic E-state index is 12.4. The first-order valence-electron chi connectivity index (χ1n) is 9.63. The van der Waals surface area contributed by atoms with Crippen molar-refractivity contribution in [3.8, 4) is 24.7 Å². The molecule has 1 atom stereocenters. The normalized spacial score (nSPS) is 12.2. The van der Waals surface area contributed by atoms with Crippen LogP contribution in [0.5, 0.6) is 0 Å². The van der Waals surface area contributed by atoms with Crippen LogP contribution in [-0.4, -0.2) is 45.6 Å². The number of benzene rings is 1. The molecule has 0 saturated heterocycles. The molecule has 6 nitrogen and oxygen atoms in total. The molecule has 1 unspecified atom stereocenters. The predicted octanol–water partition coefficient (Wildman–Crippen LogP) is 2.92. The van der Waals surface area contributed by atoms with Crippen molar-refractivity contribution in [2.75, 3.05) is 19.7 Å². The molecule has 2 aromatic rings. The highest BCUT2D eigenvalue weighted by Crippen LogP contribution is 2.33. The smallest absolute Gasteiger partial charge is 0.311 e. The second-order valence-corrected chi connectivity index (χ2v) is 7.48. The van der Waals surface area contributed by atoms with E-state index in [1.807, 2.05) is 62.2 Å². The number of hydrogen-bond acceptors (Lipinski definition) is 5. The van der Waals surface area contributed by atoms with Crippen LogP contribution < -0.4 is 0 Å². The molecule has 0 aliphatic heterocycles. The summed E-state index contributed by atoms with van der Waals surface area (Å²) in [4.78, 5) is 14.4. The van der Waals surface area contributed by atoms with E-state index in [1.54, 1.807) is 4.68 Å². The van der Waals surface area contributed by atoms with Gasteiger partial charge in [-0.05, 0) is 32.8 Å². The van der Waals surface area contributed by atoms with Crippen molar-refractivity contribution in [1.29, 1.82) is 0 Å². The molecule has 0 bridgehead atoms. The van der Waals surface area contributed by atoms with Crippen molar-refractivity contribution in [2.45, 2.75) is 39.8 Å². The number of carbonyl (C=O) groups excluding carboxylic acids is 1. The minimum atomic E-state index is -0.679. The van der Waals surface area contributed by atoms with Gasteiger partial charge in [-0.15, -0.1) is 17.9 Å². The number of hydrogen-bond donors (Lipinski definition) is 0. The van der Waals surface area contributed by atoms with E-state index in [0.717, 1.165) is 11.3 Å². The third-order valence-electron chi connectivity index (χ3n) is 4.61. The molecule has 0 spiro atoms. The standard InChI is InChI=1S/C23H28N4O2/c1-6-14-26(15-7-2)17-20-18-27(25-24-20)21(19-12-10-9-11-13-19)16-23(4,5)22(28)29-8-3/h1-2,9-13,18,21H,8,14-17H2,3-5H3. The molecule has 1 aromatic carbocycles. The van der Waals surface area contributed by atoms with E-state index in [0.29, 0.717) is 32.7 Å². The summed E-state index contributed by atoms with van der Waals surface area (Å²) in [7, 11) is 0. The molecule has 0 aliphatic carbocycles. The van der Waals surface area contributed by atoms with Crippen molar-refractivity contribution in [3.05, 3.63) is 47.8 Å². The molecule has 6 heteroatoms. The van der Waals surface area contributed by atoms with Gasteiger partial charge < -0.3 is 4.74 Å². The summed E-state index contributed by atoms with van der Waals surface area (Å²) in [6.07, 6.45) is 13.3. The Hall–Kier alpha value is -3.09. The third kappa shape index (κ3) is 6.20. The lowest BCUT2D eigenvalue weighted by molar-refractivity contribution is -0.154. The summed E-state index contributed by atoms with van der Waals surface area (Å²) >= 11 is 0. The monoisotopic (exact) mass is 392 g/mol. The Morgan fingerprint density at radius 2 is 1.90 bits per heavy atom. The first kappa shape index (κ1) is 22.2. The molecule has 152 valence electrons. The van der Waals surface area contributed by atoms with E-state index < -0.39 is 5.41 Å². The number of esters is 1. The molecule has 29 heavy (non-hydrogen) atoms. The zero-order valence-corrected chi connectivity index (χ0v) is 17.3. The Bertz CT molecular complexity index is 858. The highest BCUT2D eigenvalue weighted by molar-refractivity contribution is 5.76. The summed E-state index contributed by atoms with van der Waals surface area (Å²) in [5.41, 5.74) is 1.14. The minimum absolute atomic E-state index is 0.162. The molecule has 0 aliphatic rings. The third-order valence-corrected chi connectivity index (χ3v) is 4.61. The predicted molar refractivity (Wildman–Crippen MR) is 113 cm³/mol. The second kappa shape index (κ2) is 10.5. The van der Waals surface area contributed by atoms with Crippen LogP contribution in [0.4, 0.5) is 0 Å². The van der Waals surface area contributed by atoms with Gasteiger partial charge in [0.05, 0.1) is 43.0 Å². The van der Waals surface area contributed by atoms with Gasteiger partial charge in [0.2, 0.25) is 0 Å². The lowest BCUT2D eigenvalue weighted by Crippen LogP contribution is -2.30. The fraction of sp³-hybridized carbons (Fsp3) is 0.435. The van der Waals surface area contributed by atoms with Gasteiger partial charge in [0, 0.05) is 6.54 Å². The van der Waals surface area contributed by atoms with E-state index in [4.69, 9.17) is 17.6 Å². The fourth-order valence-electron chi connectivity index (χ4n) is 3.13. The summed E-state index contributed by atoms with van der Waals surface area (Å²) in [5, 5.41) is 8.64. The van der Waals surface area contributed by atoms with E-state index in [2.05, 4.69) is 22.2 Å². The van der Waals surface area contributed by atoms with E-state index in [1.165, 1.54) is 0 Å². The zero-order chi connectivity index (χ0) is 21.3. The van der Waals surface area contributed by atoms with Gasteiger partial charge in [-0.1, -0.05) is 47.4 Å². The quantitative estimate of drug-likeness (QED) is 0.460. The van der Waals surface area contributed by atoms with Gasteiger partial charge in [0.15, 0.2) is 0 Å². The van der Waals surface area contributed by atoms with Crippen molar-refractivity contribution in [3.63, 3.8) is 0 Å². The Kier molecular flexibility index (Phi) is 8.00. The van der Waals surface area contributed by atoms with Crippen LogP contribution in [0, 0.1) is 30.1 Å². The van der Waals surface area contributed by atoms with Gasteiger partial charge in [-0.3, -0.25) is 9.69 Å². The van der Waals surface area contributed by atoms with E-state index >= 15 is 0 Å². The van der Waals surface area contributed by atoms with Crippen LogP contribution in [0.15, 0.2) is 36.5 Å². The molecule has 0 fully saturated rings. The number of ether oxygens (including phenoxy) is 1. The minimum Gasteiger partial charge on any atom is -0.466 e. The van der Waals surface area contributed by atoms with Crippen LogP contribution >= 0.6 is 0 Å². The van der Waals surface area contributed by atoms with Gasteiger partial charge in [0.25, 0.3) is 0 Å². The highest BCUT2D eigenvalue weighted by Gasteiger charge is 2.34. The van der Waals surface area contributed by atoms with Gasteiger partial charge >= 0.3 is 5.97 Å². The molecule has 0 saturated carbocycles. The summed E-state index contributed by atoms with van der Waals surface area (Å²) < 4.78 is 7.06. The molecular formula is C23H28N4O2. The van der Waals surface area contributed by atoms with Crippen LogP contribution in [0.3, 0.4) is 0 Å². The average molecular weight is 393 g/mol. The van der Waals surface area contributed by atoms with Crippen LogP contribution in [-0.2, 0) is 16.1 Å². The van der Waals surface area contributed by atoms with E-state index in [9.17, 15) is 4.79 Å². The number of terminal acetylenes is 2. The lowest BCUT2D eigenvalue weighted by atomic mass is 9.83. The van der Waals surface area contributed by atoms with Crippen molar-refractivity contribution < 1.29 is 9.53 Å². The summed E-state index contributed by atoms with van der Waals surface area (Å²) in [6, 6.07) is 9.79. The topological polar surface area (TPSA) is 60.2 Å². The maximum atomic E-state index is 12.4. The number of carbonyl (C=O) groups is 1. The van der Waals surface area contributed by atoms with Gasteiger partial charge in [-0.2, -0.15) is 0 Å². The average Bonchev–Trinajstić information content (AvgIpc) is 3.15. The molecule has 2 rings (SSSR count). The Labute approximate surface area is 173 Å².